The fourth-order valence-corrected chi connectivity index (χ4v) is 4.21. The summed E-state index contributed by atoms with van der Waals surface area (Å²) in [5.74, 6) is 0.155. The van der Waals surface area contributed by atoms with Crippen molar-refractivity contribution >= 4 is 23.6 Å². The Kier molecular flexibility index (Phi) is 5.82. The molecule has 25 heavy (non-hydrogen) atoms. The molecule has 2 heterocycles. The van der Waals surface area contributed by atoms with Crippen molar-refractivity contribution < 1.29 is 14.0 Å². The first kappa shape index (κ1) is 17.6. The van der Waals surface area contributed by atoms with Crippen LogP contribution in [0.25, 0.3) is 0 Å². The summed E-state index contributed by atoms with van der Waals surface area (Å²) in [6.45, 7) is 0. The van der Waals surface area contributed by atoms with Gasteiger partial charge in [-0.2, -0.15) is 5.26 Å². The van der Waals surface area contributed by atoms with Gasteiger partial charge in [0.05, 0.1) is 34.6 Å². The fourth-order valence-electron chi connectivity index (χ4n) is 3.32. The van der Waals surface area contributed by atoms with Crippen LogP contribution in [0.1, 0.15) is 50.2 Å². The Bertz CT molecular complexity index is 700. The second-order valence-corrected chi connectivity index (χ2v) is 7.35. The molecule has 6 nitrogen and oxygen atoms in total. The van der Waals surface area contributed by atoms with Gasteiger partial charge in [-0.15, -0.1) is 0 Å². The Morgan fingerprint density at radius 2 is 2.20 bits per heavy atom. The fraction of sp³-hybridized carbons (Fsp3) is 0.500. The normalized spacial score (nSPS) is 21.6. The Balaban J connectivity index is 1.65. The summed E-state index contributed by atoms with van der Waals surface area (Å²) < 4.78 is 5.37. The summed E-state index contributed by atoms with van der Waals surface area (Å²) in [6, 6.07) is 5.92. The summed E-state index contributed by atoms with van der Waals surface area (Å²) in [6.07, 6.45) is 7.31. The van der Waals surface area contributed by atoms with Gasteiger partial charge in [-0.25, -0.2) is 0 Å². The molecule has 2 amide bonds. The molecule has 1 aliphatic heterocycles. The lowest BCUT2D eigenvalue weighted by atomic mass is 9.92. The van der Waals surface area contributed by atoms with E-state index in [2.05, 4.69) is 16.7 Å². The molecule has 1 saturated carbocycles. The van der Waals surface area contributed by atoms with Gasteiger partial charge in [0.25, 0.3) is 0 Å². The largest absolute Gasteiger partial charge is 0.469 e. The van der Waals surface area contributed by atoms with Gasteiger partial charge in [0.2, 0.25) is 11.8 Å². The molecular weight excluding hydrogens is 338 g/mol. The van der Waals surface area contributed by atoms with Crippen LogP contribution in [0.2, 0.25) is 0 Å². The lowest BCUT2D eigenvalue weighted by molar-refractivity contribution is -0.121. The minimum atomic E-state index is -0.391. The molecule has 132 valence electrons. The van der Waals surface area contributed by atoms with Gasteiger partial charge in [-0.05, 0) is 25.0 Å². The van der Waals surface area contributed by atoms with Gasteiger partial charge in [-0.1, -0.05) is 31.0 Å². The summed E-state index contributed by atoms with van der Waals surface area (Å²) in [5.41, 5.74) is 0.449. The highest BCUT2D eigenvalue weighted by molar-refractivity contribution is 8.03. The van der Waals surface area contributed by atoms with E-state index in [0.29, 0.717) is 16.4 Å². The highest BCUT2D eigenvalue weighted by Crippen LogP contribution is 2.36. The highest BCUT2D eigenvalue weighted by Gasteiger charge is 2.31. The molecular formula is C18H21N3O3S. The van der Waals surface area contributed by atoms with Crippen molar-refractivity contribution in [3.8, 4) is 6.07 Å². The maximum absolute atomic E-state index is 12.2. The van der Waals surface area contributed by atoms with E-state index >= 15 is 0 Å². The molecule has 1 fully saturated rings. The first-order valence-electron chi connectivity index (χ1n) is 8.57. The summed E-state index contributed by atoms with van der Waals surface area (Å²) >= 11 is 1.20. The Labute approximate surface area is 151 Å². The van der Waals surface area contributed by atoms with E-state index in [1.165, 1.54) is 24.4 Å². The lowest BCUT2D eigenvalue weighted by Gasteiger charge is -2.24. The number of allylic oxidation sites excluding steroid dienone is 1. The first-order valence-corrected chi connectivity index (χ1v) is 9.55. The molecule has 0 aromatic carbocycles. The minimum Gasteiger partial charge on any atom is -0.469 e. The van der Waals surface area contributed by atoms with Crippen LogP contribution in [-0.4, -0.2) is 23.6 Å². The topological polar surface area (TPSA) is 95.1 Å². The maximum atomic E-state index is 12.2. The average molecular weight is 359 g/mol. The molecule has 2 N–H and O–H groups in total. The highest BCUT2D eigenvalue weighted by atomic mass is 32.2. The third kappa shape index (κ3) is 4.45. The van der Waals surface area contributed by atoms with Gasteiger partial charge in [0.15, 0.2) is 0 Å². The summed E-state index contributed by atoms with van der Waals surface area (Å²) in [4.78, 5) is 24.2. The molecule has 0 spiro atoms. The predicted molar refractivity (Wildman–Crippen MR) is 94.3 cm³/mol. The monoisotopic (exact) mass is 359 g/mol. The molecule has 0 bridgehead atoms. The first-order chi connectivity index (χ1) is 12.2. The van der Waals surface area contributed by atoms with Gasteiger partial charge in [0, 0.05) is 12.5 Å². The van der Waals surface area contributed by atoms with Crippen molar-refractivity contribution in [2.45, 2.75) is 50.5 Å². The summed E-state index contributed by atoms with van der Waals surface area (Å²) in [5, 5.41) is 15.8. The van der Waals surface area contributed by atoms with Gasteiger partial charge in [-0.3, -0.25) is 9.59 Å². The number of nitrogens with one attached hydrogen (secondary N) is 2. The lowest BCUT2D eigenvalue weighted by Crippen LogP contribution is -2.38. The number of thioether (sulfide) groups is 1. The Hall–Kier alpha value is -2.20. The van der Waals surface area contributed by atoms with Crippen molar-refractivity contribution in [1.82, 2.24) is 10.6 Å². The number of nitriles is 1. The van der Waals surface area contributed by atoms with E-state index in [9.17, 15) is 14.9 Å². The van der Waals surface area contributed by atoms with Crippen LogP contribution in [0.15, 0.2) is 33.4 Å². The molecule has 3 rings (SSSR count). The van der Waals surface area contributed by atoms with E-state index in [1.807, 2.05) is 0 Å². The number of amides is 2. The zero-order valence-electron chi connectivity index (χ0n) is 13.9. The Morgan fingerprint density at radius 3 is 2.88 bits per heavy atom. The van der Waals surface area contributed by atoms with E-state index < -0.39 is 5.92 Å². The maximum Gasteiger partial charge on any atom is 0.230 e. The number of nitrogens with zero attached hydrogens (tertiary/aromatic N) is 1. The van der Waals surface area contributed by atoms with Gasteiger partial charge in [0.1, 0.15) is 5.76 Å². The average Bonchev–Trinajstić information content (AvgIpc) is 3.15. The smallest absolute Gasteiger partial charge is 0.230 e. The molecule has 7 heteroatoms. The second kappa shape index (κ2) is 8.26. The van der Waals surface area contributed by atoms with Crippen molar-refractivity contribution in [2.24, 2.45) is 0 Å². The molecule has 1 atom stereocenters. The predicted octanol–water partition coefficient (Wildman–Crippen LogP) is 2.80. The molecule has 1 aliphatic carbocycles. The van der Waals surface area contributed by atoms with E-state index in [0.717, 1.165) is 25.7 Å². The van der Waals surface area contributed by atoms with Crippen LogP contribution in [0.3, 0.4) is 0 Å². The minimum absolute atomic E-state index is 0.0592. The molecule has 1 aromatic rings. The van der Waals surface area contributed by atoms with E-state index in [4.69, 9.17) is 4.42 Å². The van der Waals surface area contributed by atoms with Gasteiger partial charge < -0.3 is 15.1 Å². The van der Waals surface area contributed by atoms with E-state index in [-0.39, 0.29) is 30.0 Å². The van der Waals surface area contributed by atoms with Crippen LogP contribution in [0, 0.1) is 11.3 Å². The van der Waals surface area contributed by atoms with Crippen LogP contribution < -0.4 is 10.6 Å². The van der Waals surface area contributed by atoms with E-state index in [1.54, 1.807) is 12.1 Å². The third-order valence-electron chi connectivity index (χ3n) is 4.56. The van der Waals surface area contributed by atoms with Crippen LogP contribution in [0.4, 0.5) is 0 Å². The molecule has 0 radical (unpaired) electrons. The van der Waals surface area contributed by atoms with Crippen molar-refractivity contribution in [3.05, 3.63) is 34.8 Å². The zero-order chi connectivity index (χ0) is 17.6. The van der Waals surface area contributed by atoms with Crippen LogP contribution >= 0.6 is 11.8 Å². The number of carbonyl (C=O) groups excluding carboxylic acids is 2. The Morgan fingerprint density at radius 1 is 1.40 bits per heavy atom. The number of hydrogen-bond acceptors (Lipinski definition) is 5. The molecule has 2 aliphatic rings. The molecule has 0 saturated heterocycles. The van der Waals surface area contributed by atoms with Crippen LogP contribution in [0.5, 0.6) is 0 Å². The SMILES string of the molecule is N#CC1=C(SCC(=O)NC2CCCCC2)NC(=O)C[C@H]1c1ccco1. The zero-order valence-corrected chi connectivity index (χ0v) is 14.7. The van der Waals surface area contributed by atoms with Crippen molar-refractivity contribution in [3.63, 3.8) is 0 Å². The van der Waals surface area contributed by atoms with Crippen molar-refractivity contribution in [2.75, 3.05) is 5.75 Å². The third-order valence-corrected chi connectivity index (χ3v) is 5.58. The summed E-state index contributed by atoms with van der Waals surface area (Å²) in [7, 11) is 0. The van der Waals surface area contributed by atoms with Crippen molar-refractivity contribution in [1.29, 1.82) is 5.26 Å². The quantitative estimate of drug-likeness (QED) is 0.843. The second-order valence-electron chi connectivity index (χ2n) is 6.37. The van der Waals surface area contributed by atoms with Gasteiger partial charge >= 0.3 is 0 Å². The standard InChI is InChI=1S/C18H21N3O3S/c19-10-14-13(15-7-4-8-24-15)9-16(22)21-18(14)25-11-17(23)20-12-5-2-1-3-6-12/h4,7-8,12-13H,1-3,5-6,9,11H2,(H,20,23)(H,21,22)/t13-/m1/s1. The number of carbonyl (C=O) groups is 2. The van der Waals surface area contributed by atoms with Crippen LogP contribution in [-0.2, 0) is 9.59 Å². The number of hydrogen-bond donors (Lipinski definition) is 2. The molecule has 0 unspecified atom stereocenters. The number of rotatable bonds is 5. The number of furan rings is 1. The molecule has 1 aromatic heterocycles.